The second-order valence-electron chi connectivity index (χ2n) is 11.5. The van der Waals surface area contributed by atoms with Gasteiger partial charge in [0.25, 0.3) is 5.91 Å². The zero-order chi connectivity index (χ0) is 34.9. The van der Waals surface area contributed by atoms with Crippen LogP contribution in [-0.2, 0) is 20.8 Å². The number of hydrogen-bond acceptors (Lipinski definition) is 9. The molecule has 0 radical (unpaired) electrons. The van der Waals surface area contributed by atoms with Gasteiger partial charge in [0.1, 0.15) is 23.4 Å². The summed E-state index contributed by atoms with van der Waals surface area (Å²) in [7, 11) is 0. The number of amides is 1. The highest BCUT2D eigenvalue weighted by molar-refractivity contribution is 6.39. The average molecular weight is 727 g/mol. The third kappa shape index (κ3) is 7.57. The Balaban J connectivity index is 1.27. The van der Waals surface area contributed by atoms with Gasteiger partial charge in [-0.05, 0) is 43.7 Å². The number of fused-ring (bicyclic) bond motifs is 1. The summed E-state index contributed by atoms with van der Waals surface area (Å²) < 4.78 is 75.6. The molecule has 2 fully saturated rings. The number of hydrogen-bond donors (Lipinski definition) is 1. The molecule has 3 aromatic carbocycles. The summed E-state index contributed by atoms with van der Waals surface area (Å²) in [6.07, 6.45) is -3.64. The van der Waals surface area contributed by atoms with Gasteiger partial charge in [-0.2, -0.15) is 13.2 Å². The molecule has 0 spiro atoms. The lowest BCUT2D eigenvalue weighted by Crippen LogP contribution is -2.38. The fourth-order valence-electron chi connectivity index (χ4n) is 5.90. The van der Waals surface area contributed by atoms with E-state index in [1.807, 2.05) is 0 Å². The second-order valence-corrected chi connectivity index (χ2v) is 12.4. The molecule has 0 aliphatic carbocycles. The van der Waals surface area contributed by atoms with Gasteiger partial charge in [0.15, 0.2) is 6.73 Å². The van der Waals surface area contributed by atoms with Crippen molar-refractivity contribution in [1.82, 2.24) is 10.2 Å². The molecule has 1 amide bonds. The molecule has 6 rings (SSSR count). The summed E-state index contributed by atoms with van der Waals surface area (Å²) >= 11 is 13.0. The highest BCUT2D eigenvalue weighted by atomic mass is 35.5. The van der Waals surface area contributed by atoms with Crippen LogP contribution in [0.2, 0.25) is 10.0 Å². The Bertz CT molecular complexity index is 1760. The number of rotatable bonds is 6. The van der Waals surface area contributed by atoms with Gasteiger partial charge in [0, 0.05) is 36.3 Å². The number of benzene rings is 3. The molecule has 260 valence electrons. The van der Waals surface area contributed by atoms with E-state index in [0.717, 1.165) is 25.5 Å². The summed E-state index contributed by atoms with van der Waals surface area (Å²) in [5.41, 5.74) is 0.281. The van der Waals surface area contributed by atoms with Crippen molar-refractivity contribution in [3.63, 3.8) is 0 Å². The predicted molar refractivity (Wildman–Crippen MR) is 170 cm³/mol. The van der Waals surface area contributed by atoms with Gasteiger partial charge < -0.3 is 34.1 Å². The van der Waals surface area contributed by atoms with Crippen LogP contribution < -0.4 is 19.7 Å². The van der Waals surface area contributed by atoms with E-state index in [4.69, 9.17) is 37.4 Å². The highest BCUT2D eigenvalue weighted by Gasteiger charge is 2.43. The first-order valence-corrected chi connectivity index (χ1v) is 16.1. The monoisotopic (exact) mass is 725 g/mol. The predicted octanol–water partition coefficient (Wildman–Crippen LogP) is 6.00. The summed E-state index contributed by atoms with van der Waals surface area (Å²) in [5, 5.41) is 3.46. The largest absolute Gasteiger partial charge is 0.491 e. The Labute approximate surface area is 287 Å². The first-order valence-electron chi connectivity index (χ1n) is 15.3. The topological polar surface area (TPSA) is 107 Å². The SMILES string of the molecule is O=C(OC(=O)C(F)(F)F)c1cc(F)c(-c2cccc3c2OCN(C(=O)c2c(Cl)cc(O[C@@H]4CCCNC4)cc2Cl)C3)cc1N1CCOCC1. The highest BCUT2D eigenvalue weighted by Crippen LogP contribution is 2.41. The molecule has 0 saturated carbocycles. The fraction of sp³-hybridized carbons (Fsp3) is 0.364. The zero-order valence-corrected chi connectivity index (χ0v) is 27.2. The number of alkyl halides is 3. The van der Waals surface area contributed by atoms with Gasteiger partial charge in [-0.1, -0.05) is 41.4 Å². The first kappa shape index (κ1) is 34.7. The number of esters is 2. The first-order chi connectivity index (χ1) is 23.4. The molecule has 16 heteroatoms. The molecule has 0 aromatic heterocycles. The van der Waals surface area contributed by atoms with Crippen molar-refractivity contribution in [2.45, 2.75) is 31.7 Å². The van der Waals surface area contributed by atoms with Gasteiger partial charge in [-0.25, -0.2) is 14.0 Å². The van der Waals surface area contributed by atoms with Crippen LogP contribution in [0.25, 0.3) is 11.1 Å². The standard InChI is InChI=1S/C33H29Cl2F4N3O7/c34-24-11-20(48-19-4-2-6-40-15-19)12-25(35)28(24)30(43)42-16-18-3-1-5-21(29(18)47-17-42)22-14-27(41-7-9-46-10-8-41)23(13-26(22)36)31(44)49-32(45)33(37,38)39/h1,3,5,11-14,19,40H,2,4,6-10,15-17H2/t19-/m1/s1. The van der Waals surface area contributed by atoms with E-state index in [2.05, 4.69) is 10.1 Å². The van der Waals surface area contributed by atoms with E-state index in [9.17, 15) is 27.6 Å². The van der Waals surface area contributed by atoms with Crippen LogP contribution >= 0.6 is 23.2 Å². The fourth-order valence-corrected chi connectivity index (χ4v) is 6.53. The molecule has 2 saturated heterocycles. The number of piperidine rings is 1. The van der Waals surface area contributed by atoms with Crippen LogP contribution in [0.15, 0.2) is 42.5 Å². The number of para-hydroxylation sites is 1. The number of nitrogens with one attached hydrogen (secondary N) is 1. The molecule has 3 aliphatic rings. The van der Waals surface area contributed by atoms with Crippen LogP contribution in [-0.4, -0.2) is 81.1 Å². The zero-order valence-electron chi connectivity index (χ0n) is 25.7. The summed E-state index contributed by atoms with van der Waals surface area (Å²) in [5.74, 6) is -5.17. The Hall–Kier alpha value is -4.11. The number of carbonyl (C=O) groups is 3. The number of halogens is 6. The van der Waals surface area contributed by atoms with Gasteiger partial charge in [0.2, 0.25) is 0 Å². The normalized spacial score (nSPS) is 18.0. The van der Waals surface area contributed by atoms with Gasteiger partial charge in [-0.3, -0.25) is 4.79 Å². The molecule has 0 unspecified atom stereocenters. The van der Waals surface area contributed by atoms with E-state index in [1.54, 1.807) is 35.2 Å². The number of morpholine rings is 1. The van der Waals surface area contributed by atoms with Crippen molar-refractivity contribution in [2.75, 3.05) is 51.0 Å². The molecule has 3 aliphatic heterocycles. The second kappa shape index (κ2) is 14.4. The number of ether oxygens (including phenoxy) is 4. The van der Waals surface area contributed by atoms with E-state index < -0.39 is 35.4 Å². The number of anilines is 1. The molecular formula is C33H29Cl2F4N3O7. The van der Waals surface area contributed by atoms with E-state index in [-0.39, 0.29) is 83.9 Å². The van der Waals surface area contributed by atoms with Crippen molar-refractivity contribution in [2.24, 2.45) is 0 Å². The molecule has 49 heavy (non-hydrogen) atoms. The lowest BCUT2D eigenvalue weighted by molar-refractivity contribution is -0.193. The molecule has 3 heterocycles. The van der Waals surface area contributed by atoms with Crippen molar-refractivity contribution in [3.05, 3.63) is 75.0 Å². The van der Waals surface area contributed by atoms with Crippen molar-refractivity contribution >= 4 is 46.7 Å². The van der Waals surface area contributed by atoms with Gasteiger partial charge in [0.05, 0.1) is 46.6 Å². The number of carbonyl (C=O) groups excluding carboxylic acids is 3. The summed E-state index contributed by atoms with van der Waals surface area (Å²) in [6, 6.07) is 9.97. The minimum Gasteiger partial charge on any atom is -0.489 e. The van der Waals surface area contributed by atoms with Crippen LogP contribution in [0.4, 0.5) is 23.2 Å². The van der Waals surface area contributed by atoms with Crippen LogP contribution in [0, 0.1) is 5.82 Å². The van der Waals surface area contributed by atoms with Crippen molar-refractivity contribution in [1.29, 1.82) is 0 Å². The quantitative estimate of drug-likeness (QED) is 0.186. The minimum atomic E-state index is -5.43. The Morgan fingerprint density at radius 1 is 1.00 bits per heavy atom. The maximum atomic E-state index is 15.8. The molecule has 1 atom stereocenters. The summed E-state index contributed by atoms with van der Waals surface area (Å²) in [4.78, 5) is 40.7. The third-order valence-corrected chi connectivity index (χ3v) is 8.85. The van der Waals surface area contributed by atoms with Gasteiger partial charge >= 0.3 is 18.1 Å². The lowest BCUT2D eigenvalue weighted by atomic mass is 9.97. The van der Waals surface area contributed by atoms with E-state index in [1.165, 1.54) is 11.0 Å². The van der Waals surface area contributed by atoms with E-state index in [0.29, 0.717) is 17.9 Å². The summed E-state index contributed by atoms with van der Waals surface area (Å²) in [6.45, 7) is 2.33. The average Bonchev–Trinajstić information content (AvgIpc) is 3.07. The molecule has 0 bridgehead atoms. The Morgan fingerprint density at radius 3 is 2.41 bits per heavy atom. The number of nitrogens with zero attached hydrogens (tertiary/aromatic N) is 2. The Morgan fingerprint density at radius 2 is 1.73 bits per heavy atom. The van der Waals surface area contributed by atoms with Crippen LogP contribution in [0.5, 0.6) is 11.5 Å². The van der Waals surface area contributed by atoms with Crippen LogP contribution in [0.3, 0.4) is 0 Å². The maximum Gasteiger partial charge on any atom is 0.491 e. The van der Waals surface area contributed by atoms with Crippen molar-refractivity contribution < 1.29 is 50.9 Å². The molecular weight excluding hydrogens is 697 g/mol. The molecule has 10 nitrogen and oxygen atoms in total. The lowest BCUT2D eigenvalue weighted by Gasteiger charge is -2.32. The minimum absolute atomic E-state index is 0.0355. The third-order valence-electron chi connectivity index (χ3n) is 8.26. The maximum absolute atomic E-state index is 15.8. The van der Waals surface area contributed by atoms with Crippen molar-refractivity contribution in [3.8, 4) is 22.6 Å². The Kier molecular flexibility index (Phi) is 10.2. The molecule has 1 N–H and O–H groups in total. The van der Waals surface area contributed by atoms with Crippen LogP contribution in [0.1, 0.15) is 39.1 Å². The van der Waals surface area contributed by atoms with Gasteiger partial charge in [-0.15, -0.1) is 0 Å². The smallest absolute Gasteiger partial charge is 0.489 e. The molecule has 3 aromatic rings. The van der Waals surface area contributed by atoms with E-state index >= 15 is 4.39 Å².